The summed E-state index contributed by atoms with van der Waals surface area (Å²) in [5.74, 6) is 0.391. The number of hydrogen-bond donors (Lipinski definition) is 0. The van der Waals surface area contributed by atoms with Gasteiger partial charge in [0, 0.05) is 0 Å². The third kappa shape index (κ3) is 4.01. The lowest BCUT2D eigenvalue weighted by Crippen LogP contribution is -2.16. The van der Waals surface area contributed by atoms with Crippen LogP contribution in [-0.4, -0.2) is 26.0 Å². The van der Waals surface area contributed by atoms with E-state index in [1.165, 1.54) is 37.7 Å². The van der Waals surface area contributed by atoms with Crippen molar-refractivity contribution in [1.29, 1.82) is 0 Å². The molecule has 0 aromatic heterocycles. The predicted molar refractivity (Wildman–Crippen MR) is 73.2 cm³/mol. The number of sulfone groups is 1. The van der Waals surface area contributed by atoms with Gasteiger partial charge < -0.3 is 4.74 Å². The highest BCUT2D eigenvalue weighted by molar-refractivity contribution is 7.92. The molecule has 2 fully saturated rings. The first-order valence-corrected chi connectivity index (χ1v) is 8.91. The van der Waals surface area contributed by atoms with Crippen molar-refractivity contribution in [2.24, 2.45) is 0 Å². The minimum Gasteiger partial charge on any atom is -0.501 e. The standard InChI is InChI=1S/C14H24O3S/c15-18(16)11-5-9-14(18)8-4-10-17-12-13-6-2-1-3-7-13/h12,14H,1-11H2. The fourth-order valence-corrected chi connectivity index (χ4v) is 4.83. The molecule has 18 heavy (non-hydrogen) atoms. The molecular weight excluding hydrogens is 248 g/mol. The molecular formula is C14H24O3S. The van der Waals surface area contributed by atoms with Gasteiger partial charge >= 0.3 is 0 Å². The van der Waals surface area contributed by atoms with Gasteiger partial charge in [0.05, 0.1) is 23.9 Å². The van der Waals surface area contributed by atoms with E-state index in [1.54, 1.807) is 0 Å². The molecule has 1 atom stereocenters. The Balaban J connectivity index is 1.61. The Hall–Kier alpha value is -0.510. The van der Waals surface area contributed by atoms with Crippen LogP contribution in [0.2, 0.25) is 0 Å². The monoisotopic (exact) mass is 272 g/mol. The van der Waals surface area contributed by atoms with Gasteiger partial charge in [0.25, 0.3) is 0 Å². The molecule has 0 N–H and O–H groups in total. The summed E-state index contributed by atoms with van der Waals surface area (Å²) in [6, 6.07) is 0. The van der Waals surface area contributed by atoms with Crippen LogP contribution in [-0.2, 0) is 14.6 Å². The molecule has 0 aromatic carbocycles. The third-order valence-corrected chi connectivity index (χ3v) is 6.34. The van der Waals surface area contributed by atoms with Crippen LogP contribution in [0.15, 0.2) is 11.8 Å². The van der Waals surface area contributed by atoms with Gasteiger partial charge in [0.15, 0.2) is 9.84 Å². The SMILES string of the molecule is O=S1(=O)CCCC1CCCOC=C1CCCCC1. The minimum atomic E-state index is -2.77. The lowest BCUT2D eigenvalue weighted by atomic mass is 9.96. The maximum Gasteiger partial charge on any atom is 0.153 e. The van der Waals surface area contributed by atoms with Crippen molar-refractivity contribution in [2.45, 2.75) is 63.0 Å². The van der Waals surface area contributed by atoms with Crippen LogP contribution in [0.1, 0.15) is 57.8 Å². The van der Waals surface area contributed by atoms with Gasteiger partial charge in [0.2, 0.25) is 0 Å². The largest absolute Gasteiger partial charge is 0.501 e. The summed E-state index contributed by atoms with van der Waals surface area (Å²) in [7, 11) is -2.77. The van der Waals surface area contributed by atoms with E-state index in [0.29, 0.717) is 12.4 Å². The highest BCUT2D eigenvalue weighted by Gasteiger charge is 2.30. The first kappa shape index (κ1) is 13.9. The number of hydrogen-bond acceptors (Lipinski definition) is 3. The molecule has 4 heteroatoms. The Labute approximate surface area is 111 Å². The zero-order chi connectivity index (χ0) is 12.8. The molecule has 0 radical (unpaired) electrons. The lowest BCUT2D eigenvalue weighted by Gasteiger charge is -2.13. The van der Waals surface area contributed by atoms with Crippen molar-refractivity contribution < 1.29 is 13.2 Å². The number of ether oxygens (including phenoxy) is 1. The van der Waals surface area contributed by atoms with Gasteiger partial charge in [-0.05, 0) is 56.9 Å². The molecule has 1 aliphatic carbocycles. The highest BCUT2D eigenvalue weighted by Crippen LogP contribution is 2.24. The van der Waals surface area contributed by atoms with E-state index in [2.05, 4.69) is 0 Å². The molecule has 104 valence electrons. The third-order valence-electron chi connectivity index (χ3n) is 4.00. The average Bonchev–Trinajstić information content (AvgIpc) is 2.70. The van der Waals surface area contributed by atoms with Crippen LogP contribution in [0, 0.1) is 0 Å². The predicted octanol–water partition coefficient (Wildman–Crippen LogP) is 3.21. The minimum absolute atomic E-state index is 0.0940. The first-order valence-electron chi connectivity index (χ1n) is 7.19. The van der Waals surface area contributed by atoms with Gasteiger partial charge in [-0.1, -0.05) is 6.42 Å². The maximum atomic E-state index is 11.6. The van der Waals surface area contributed by atoms with Gasteiger partial charge in [-0.3, -0.25) is 0 Å². The Morgan fingerprint density at radius 1 is 1.17 bits per heavy atom. The molecule has 1 saturated heterocycles. The summed E-state index contributed by atoms with van der Waals surface area (Å²) < 4.78 is 28.8. The summed E-state index contributed by atoms with van der Waals surface area (Å²) in [5, 5.41) is -0.0940. The van der Waals surface area contributed by atoms with Crippen molar-refractivity contribution in [1.82, 2.24) is 0 Å². The molecule has 0 spiro atoms. The van der Waals surface area contributed by atoms with Crippen LogP contribution < -0.4 is 0 Å². The van der Waals surface area contributed by atoms with Gasteiger partial charge in [-0.25, -0.2) is 8.42 Å². The Bertz CT molecular complexity index is 376. The Morgan fingerprint density at radius 3 is 2.61 bits per heavy atom. The molecule has 1 heterocycles. The van der Waals surface area contributed by atoms with Gasteiger partial charge in [-0.2, -0.15) is 0 Å². The molecule has 1 aliphatic heterocycles. The molecule has 1 unspecified atom stereocenters. The zero-order valence-electron chi connectivity index (χ0n) is 11.1. The van der Waals surface area contributed by atoms with Crippen molar-refractivity contribution in [2.75, 3.05) is 12.4 Å². The highest BCUT2D eigenvalue weighted by atomic mass is 32.2. The number of rotatable bonds is 5. The van der Waals surface area contributed by atoms with Crippen molar-refractivity contribution in [3.05, 3.63) is 11.8 Å². The second-order valence-corrected chi connectivity index (χ2v) is 7.88. The van der Waals surface area contributed by atoms with Crippen molar-refractivity contribution in [3.8, 4) is 0 Å². The van der Waals surface area contributed by atoms with E-state index in [1.807, 2.05) is 6.26 Å². The maximum absolute atomic E-state index is 11.6. The normalized spacial score (nSPS) is 27.1. The van der Waals surface area contributed by atoms with Crippen LogP contribution in [0.3, 0.4) is 0 Å². The zero-order valence-corrected chi connectivity index (χ0v) is 11.9. The summed E-state index contributed by atoms with van der Waals surface area (Å²) >= 11 is 0. The van der Waals surface area contributed by atoms with Crippen molar-refractivity contribution in [3.63, 3.8) is 0 Å². The smallest absolute Gasteiger partial charge is 0.153 e. The van der Waals surface area contributed by atoms with E-state index in [4.69, 9.17) is 4.74 Å². The molecule has 1 saturated carbocycles. The fourth-order valence-electron chi connectivity index (χ4n) is 2.88. The van der Waals surface area contributed by atoms with Crippen LogP contribution in [0.25, 0.3) is 0 Å². The first-order chi connectivity index (χ1) is 8.68. The molecule has 3 nitrogen and oxygen atoms in total. The fraction of sp³-hybridized carbons (Fsp3) is 0.857. The summed E-state index contributed by atoms with van der Waals surface area (Å²) in [5.41, 5.74) is 1.43. The summed E-state index contributed by atoms with van der Waals surface area (Å²) in [6.07, 6.45) is 11.5. The molecule has 2 rings (SSSR count). The van der Waals surface area contributed by atoms with E-state index in [9.17, 15) is 8.42 Å². The van der Waals surface area contributed by atoms with E-state index >= 15 is 0 Å². The summed E-state index contributed by atoms with van der Waals surface area (Å²) in [6.45, 7) is 0.662. The number of allylic oxidation sites excluding steroid dienone is 1. The second kappa shape index (κ2) is 6.60. The lowest BCUT2D eigenvalue weighted by molar-refractivity contribution is 0.235. The van der Waals surface area contributed by atoms with Gasteiger partial charge in [0.1, 0.15) is 0 Å². The van der Waals surface area contributed by atoms with Crippen LogP contribution in [0.4, 0.5) is 0 Å². The van der Waals surface area contributed by atoms with Crippen LogP contribution >= 0.6 is 0 Å². The van der Waals surface area contributed by atoms with E-state index in [0.717, 1.165) is 25.7 Å². The molecule has 0 aromatic rings. The Kier molecular flexibility index (Phi) is 5.10. The quantitative estimate of drug-likeness (QED) is 0.570. The second-order valence-electron chi connectivity index (χ2n) is 5.48. The summed E-state index contributed by atoms with van der Waals surface area (Å²) in [4.78, 5) is 0. The average molecular weight is 272 g/mol. The molecule has 0 bridgehead atoms. The molecule has 2 aliphatic rings. The topological polar surface area (TPSA) is 43.4 Å². The van der Waals surface area contributed by atoms with E-state index < -0.39 is 9.84 Å². The van der Waals surface area contributed by atoms with Crippen molar-refractivity contribution >= 4 is 9.84 Å². The van der Waals surface area contributed by atoms with E-state index in [-0.39, 0.29) is 5.25 Å². The molecule has 0 amide bonds. The Morgan fingerprint density at radius 2 is 1.94 bits per heavy atom. The van der Waals surface area contributed by atoms with Gasteiger partial charge in [-0.15, -0.1) is 0 Å². The van der Waals surface area contributed by atoms with Crippen LogP contribution in [0.5, 0.6) is 0 Å².